The fourth-order valence-corrected chi connectivity index (χ4v) is 9.29. The lowest BCUT2D eigenvalue weighted by Gasteiger charge is -2.58. The first-order valence-electron chi connectivity index (χ1n) is 19.7. The van der Waals surface area contributed by atoms with Crippen molar-refractivity contribution >= 4 is 0 Å². The summed E-state index contributed by atoms with van der Waals surface area (Å²) in [6, 6.07) is 0. The summed E-state index contributed by atoms with van der Waals surface area (Å²) in [6.07, 6.45) is 20.3. The highest BCUT2D eigenvalue weighted by Gasteiger charge is 2.59. The predicted octanol–water partition coefficient (Wildman–Crippen LogP) is 12.5. The average molecular weight is 803 g/mol. The van der Waals surface area contributed by atoms with Crippen LogP contribution in [-0.4, -0.2) is 23.8 Å². The standard InChI is InChI=1S/C27H47NO.C27H4.HNO.21H2/c1-18(11-14-25(2,3)28-6)22-9-10-23-21-8-7-19-17-20(29)12-15-26(19,4)24(21)13-16-27(22,23)5;1-3-5-7-9-11-13-15-17-19-21-23-25-27-26-24-22-20-18-16-14-12-10-8-6-4-2;1-2;;;;;;;;;;;;;;;;;;;;;/h7,18,20-24,28-29H,8-17H2,1-6H3;1H,2H3;1H;21*1H/t18-,20+,21+,22-,23+,24+,26+,27-;;;;;;;;;;;;;;;;;;;;;;;/m1......................./s1. The van der Waals surface area contributed by atoms with Gasteiger partial charge in [0.25, 0.3) is 0 Å². The molecule has 8 atom stereocenters. The highest BCUT2D eigenvalue weighted by atomic mass is 16.3. The second kappa shape index (κ2) is 25.6. The zero-order valence-electron chi connectivity index (χ0n) is 35.0. The van der Waals surface area contributed by atoms with Crippen molar-refractivity contribution in [2.45, 2.75) is 117 Å². The molecular weight excluding hydrogens is 709 g/mol. The number of fused-ring (bicyclic) bond motifs is 5. The molecule has 332 valence electrons. The highest BCUT2D eigenvalue weighted by Crippen LogP contribution is 2.67. The Kier molecular flexibility index (Phi) is 21.1. The van der Waals surface area contributed by atoms with Gasteiger partial charge in [-0.15, -0.1) is 6.42 Å². The third-order valence-electron chi connectivity index (χ3n) is 12.3. The van der Waals surface area contributed by atoms with Crippen LogP contribution < -0.4 is 5.32 Å². The van der Waals surface area contributed by atoms with E-state index >= 15 is 0 Å². The quantitative estimate of drug-likeness (QED) is 0.147. The predicted molar refractivity (Wildman–Crippen MR) is 281 cm³/mol. The van der Waals surface area contributed by atoms with E-state index in [1.165, 1.54) is 51.4 Å². The molecule has 4 rings (SSSR count). The molecule has 0 aromatic carbocycles. The van der Waals surface area contributed by atoms with Gasteiger partial charge >= 0.3 is 0 Å². The van der Waals surface area contributed by atoms with Crippen LogP contribution >= 0.6 is 0 Å². The van der Waals surface area contributed by atoms with Crippen molar-refractivity contribution in [3.05, 3.63) is 16.6 Å². The van der Waals surface area contributed by atoms with Gasteiger partial charge in [0.2, 0.25) is 0 Å². The second-order valence-electron chi connectivity index (χ2n) is 15.8. The van der Waals surface area contributed by atoms with Gasteiger partial charge in [-0.2, -0.15) is 4.91 Å². The van der Waals surface area contributed by atoms with E-state index in [9.17, 15) is 5.11 Å². The fourth-order valence-electron chi connectivity index (χ4n) is 9.29. The SMILES string of the molecule is C#CC#CC#CC#CC#CC#CC#CC#CC#CC#CC#CC#CC#CC.CNC(C)(C)CC[C@@H](C)[C@H]1CC[C@H]2[C@@H]3CC=C4C[C@@H](O)CC[C@]4(C)[C@H]3CC[C@]12C.N=O.[HH].[HH].[HH].[HH].[HH].[HH].[HH].[HH].[HH].[HH].[HH].[HH].[HH].[HH].[HH].[HH].[HH].[HH].[HH].[HH].[HH]. The van der Waals surface area contributed by atoms with Crippen LogP contribution in [0.2, 0.25) is 0 Å². The van der Waals surface area contributed by atoms with Crippen molar-refractivity contribution in [1.29, 1.82) is 5.59 Å². The van der Waals surface area contributed by atoms with E-state index < -0.39 is 0 Å². The number of hydrogen-bond donors (Lipinski definition) is 3. The summed E-state index contributed by atoms with van der Waals surface area (Å²) in [5, 5.41) is 13.7. The van der Waals surface area contributed by atoms with Crippen molar-refractivity contribution in [2.75, 3.05) is 7.05 Å². The molecule has 3 fully saturated rings. The molecule has 0 bridgehead atoms. The first-order valence-corrected chi connectivity index (χ1v) is 19.7. The topological polar surface area (TPSA) is 73.2 Å². The van der Waals surface area contributed by atoms with Gasteiger partial charge in [-0.05, 0) is 227 Å². The Morgan fingerprint density at radius 1 is 0.759 bits per heavy atom. The van der Waals surface area contributed by atoms with E-state index in [-0.39, 0.29) is 41.6 Å². The monoisotopic (exact) mass is 803 g/mol. The van der Waals surface area contributed by atoms with Gasteiger partial charge in [0.05, 0.1) is 6.10 Å². The van der Waals surface area contributed by atoms with E-state index in [0.29, 0.717) is 10.8 Å². The molecule has 0 saturated heterocycles. The van der Waals surface area contributed by atoms with Crippen LogP contribution in [0.4, 0.5) is 0 Å². The minimum absolute atomic E-state index is 0. The lowest BCUT2D eigenvalue weighted by Crippen LogP contribution is -2.50. The maximum atomic E-state index is 10.2. The Morgan fingerprint density at radius 2 is 1.22 bits per heavy atom. The number of hydrogen-bond acceptors (Lipinski definition) is 4. The van der Waals surface area contributed by atoms with Crippen molar-refractivity contribution in [3.8, 4) is 154 Å². The third-order valence-corrected chi connectivity index (χ3v) is 12.3. The molecule has 0 heterocycles. The largest absolute Gasteiger partial charge is 0.393 e. The number of aliphatic hydroxyl groups excluding tert-OH is 1. The zero-order chi connectivity index (χ0) is 42.7. The lowest BCUT2D eigenvalue weighted by molar-refractivity contribution is -0.0575. The Labute approximate surface area is 381 Å². The summed E-state index contributed by atoms with van der Waals surface area (Å²) < 4.78 is 0. The van der Waals surface area contributed by atoms with E-state index in [4.69, 9.17) is 11.3 Å². The summed E-state index contributed by atoms with van der Waals surface area (Å²) in [7, 11) is 2.11. The maximum Gasteiger partial charge on any atom is 0.0577 e. The molecule has 0 aromatic heterocycles. The molecule has 4 heteroatoms. The Bertz CT molecular complexity index is 2420. The van der Waals surface area contributed by atoms with Crippen LogP contribution in [0, 0.1) is 205 Å². The first kappa shape index (κ1) is 47.7. The van der Waals surface area contributed by atoms with Crippen molar-refractivity contribution in [2.24, 2.45) is 40.4 Å². The van der Waals surface area contributed by atoms with Crippen LogP contribution in [0.1, 0.15) is 136 Å². The van der Waals surface area contributed by atoms with Crippen molar-refractivity contribution < 1.29 is 35.1 Å². The first-order chi connectivity index (χ1) is 28.0. The smallest absolute Gasteiger partial charge is 0.0577 e. The van der Waals surface area contributed by atoms with Gasteiger partial charge in [-0.25, -0.2) is 0 Å². The molecule has 0 radical (unpaired) electrons. The van der Waals surface area contributed by atoms with Crippen molar-refractivity contribution in [3.63, 3.8) is 0 Å². The molecule has 3 N–H and O–H groups in total. The molecule has 0 unspecified atom stereocenters. The third kappa shape index (κ3) is 14.9. The van der Waals surface area contributed by atoms with Gasteiger partial charge < -0.3 is 10.4 Å². The molecule has 0 amide bonds. The highest BCUT2D eigenvalue weighted by molar-refractivity contribution is 5.48. The fraction of sp³-hybridized carbons (Fsp3) is 0.481. The summed E-state index contributed by atoms with van der Waals surface area (Å²) in [5.41, 5.74) is 7.30. The Balaban J connectivity index is -0.0000000378. The molecule has 3 saturated carbocycles. The van der Waals surface area contributed by atoms with Gasteiger partial charge in [0.15, 0.2) is 0 Å². The average Bonchev–Trinajstić information content (AvgIpc) is 3.59. The van der Waals surface area contributed by atoms with Gasteiger partial charge in [0.1, 0.15) is 0 Å². The Morgan fingerprint density at radius 3 is 1.67 bits per heavy atom. The van der Waals surface area contributed by atoms with Crippen LogP contribution in [0.25, 0.3) is 0 Å². The van der Waals surface area contributed by atoms with Crippen molar-refractivity contribution in [1.82, 2.24) is 5.32 Å². The van der Waals surface area contributed by atoms with Crippen LogP contribution in [0.3, 0.4) is 0 Å². The number of allylic oxidation sites excluding steroid dienone is 1. The van der Waals surface area contributed by atoms with E-state index in [1.807, 2.05) is 0 Å². The number of terminal acetylenes is 1. The Hall–Kier alpha value is -6.46. The normalized spacial score (nSPS) is 24.7. The molecule has 4 aliphatic rings. The summed E-state index contributed by atoms with van der Waals surface area (Å²) >= 11 is 0. The molecule has 58 heavy (non-hydrogen) atoms. The molecule has 0 aliphatic heterocycles. The number of rotatable bonds is 5. The van der Waals surface area contributed by atoms with Gasteiger partial charge in [-0.3, -0.25) is 0 Å². The number of nitroso groups, excluding NO2 is 1. The van der Waals surface area contributed by atoms with Crippen LogP contribution in [0.5, 0.6) is 0 Å². The minimum atomic E-state index is -0.0849. The zero-order valence-corrected chi connectivity index (χ0v) is 35.0. The van der Waals surface area contributed by atoms with E-state index in [1.54, 1.807) is 12.5 Å². The second-order valence-corrected chi connectivity index (χ2v) is 15.8. The maximum absolute atomic E-state index is 10.2. The van der Waals surface area contributed by atoms with Crippen LogP contribution in [0.15, 0.2) is 11.6 Å². The molecule has 4 nitrogen and oxygen atoms in total. The lowest BCUT2D eigenvalue weighted by atomic mass is 9.47. The molecule has 4 aliphatic carbocycles. The van der Waals surface area contributed by atoms with E-state index in [2.05, 4.69) is 207 Å². The minimum Gasteiger partial charge on any atom is -0.393 e. The number of nitrogens with one attached hydrogen (secondary N) is 2. The summed E-state index contributed by atoms with van der Waals surface area (Å²) in [4.78, 5) is 7.50. The van der Waals surface area contributed by atoms with Gasteiger partial charge in [-0.1, -0.05) is 43.9 Å². The molecular formula is C54H94N2O2. The number of aliphatic hydroxyl groups is 1. The molecule has 0 aromatic rings. The summed E-state index contributed by atoms with van der Waals surface area (Å²) in [6.45, 7) is 14.2. The van der Waals surface area contributed by atoms with Crippen LogP contribution in [-0.2, 0) is 0 Å². The van der Waals surface area contributed by atoms with E-state index in [0.717, 1.165) is 42.4 Å². The molecule has 0 spiro atoms. The summed E-state index contributed by atoms with van der Waals surface area (Å²) in [5.74, 6) is 66.3. The van der Waals surface area contributed by atoms with Gasteiger partial charge in [0, 0.05) is 82.9 Å².